The van der Waals surface area contributed by atoms with E-state index in [4.69, 9.17) is 0 Å². The summed E-state index contributed by atoms with van der Waals surface area (Å²) in [6, 6.07) is 11.2. The maximum absolute atomic E-state index is 12.4. The van der Waals surface area contributed by atoms with Gasteiger partial charge < -0.3 is 0 Å². The normalized spacial score (nSPS) is 12.5. The largest absolute Gasteiger partial charge is 0.224 e. The Balaban J connectivity index is 2.50. The molecular weight excluding hydrogens is 332 g/mol. The van der Waals surface area contributed by atoms with Crippen molar-refractivity contribution in [1.29, 1.82) is 0 Å². The third kappa shape index (κ3) is 7.52. The summed E-state index contributed by atoms with van der Waals surface area (Å²) < 4.78 is 24.8. The van der Waals surface area contributed by atoms with E-state index in [1.54, 1.807) is 12.1 Å². The molecule has 0 saturated heterocycles. The van der Waals surface area contributed by atoms with Crippen LogP contribution in [-0.4, -0.2) is 22.2 Å². The second kappa shape index (κ2) is 10.4. The zero-order chi connectivity index (χ0) is 18.1. The number of benzene rings is 1. The fraction of sp³-hybridized carbons (Fsp3) is 0.650. The van der Waals surface area contributed by atoms with E-state index in [-0.39, 0.29) is 5.75 Å². The van der Waals surface area contributed by atoms with Crippen molar-refractivity contribution in [3.63, 3.8) is 0 Å². The smallest absolute Gasteiger partial charge is 0.178 e. The van der Waals surface area contributed by atoms with Gasteiger partial charge in [0.2, 0.25) is 0 Å². The summed E-state index contributed by atoms with van der Waals surface area (Å²) in [5.41, 5.74) is 1.09. The van der Waals surface area contributed by atoms with Crippen molar-refractivity contribution in [2.75, 3.05) is 5.75 Å². The molecule has 1 rings (SSSR count). The average Bonchev–Trinajstić information content (AvgIpc) is 2.56. The Labute approximate surface area is 151 Å². The first-order valence-electron chi connectivity index (χ1n) is 9.44. The molecule has 0 atom stereocenters. The molecule has 0 heterocycles. The van der Waals surface area contributed by atoms with Crippen LogP contribution in [0.5, 0.6) is 0 Å². The summed E-state index contributed by atoms with van der Waals surface area (Å²) in [5, 5.41) is 0. The van der Waals surface area contributed by atoms with Gasteiger partial charge in [-0.3, -0.25) is 0 Å². The predicted octanol–water partition coefficient (Wildman–Crippen LogP) is 6.04. The quantitative estimate of drug-likeness (QED) is 0.333. The molecule has 0 aromatic heterocycles. The van der Waals surface area contributed by atoms with Gasteiger partial charge in [-0.25, -0.2) is 8.42 Å². The first-order valence-corrected chi connectivity index (χ1v) is 14.2. The number of unbranched alkanes of at least 4 members (excludes halogenated alkanes) is 3. The third-order valence-corrected chi connectivity index (χ3v) is 11.2. The highest BCUT2D eigenvalue weighted by atomic mass is 32.2. The monoisotopic (exact) mass is 367 g/mol. The molecule has 0 saturated carbocycles. The Morgan fingerprint density at radius 3 is 2.00 bits per heavy atom. The van der Waals surface area contributed by atoms with Gasteiger partial charge in [-0.05, 0) is 25.5 Å². The van der Waals surface area contributed by atoms with E-state index >= 15 is 0 Å². The van der Waals surface area contributed by atoms with Crippen LogP contribution in [0.4, 0.5) is 0 Å². The fourth-order valence-electron chi connectivity index (χ4n) is 3.11. The van der Waals surface area contributed by atoms with Gasteiger partial charge in [0.25, 0.3) is 0 Å². The van der Waals surface area contributed by atoms with E-state index < -0.39 is 17.9 Å². The molecule has 1 radical (unpaired) electrons. The molecule has 0 N–H and O–H groups in total. The average molecular weight is 368 g/mol. The van der Waals surface area contributed by atoms with Crippen LogP contribution in [0.25, 0.3) is 0 Å². The molecule has 0 unspecified atom stereocenters. The minimum atomic E-state index is -3.17. The summed E-state index contributed by atoms with van der Waals surface area (Å²) in [7, 11) is -4.37. The lowest BCUT2D eigenvalue weighted by atomic mass is 10.2. The molecule has 4 heteroatoms. The summed E-state index contributed by atoms with van der Waals surface area (Å²) in [4.78, 5) is 0.446. The lowest BCUT2D eigenvalue weighted by Crippen LogP contribution is -2.29. The standard InChI is InChI=1S/C20H35O2SSi/c1-5-7-16-24(4,17-8-6-2)18-10-9-15-23(21,22)20-13-11-19(3)12-14-20/h9,11-14H,5-8,10,15-18H2,1-4H3. The summed E-state index contributed by atoms with van der Waals surface area (Å²) in [6.07, 6.45) is 8.13. The Morgan fingerprint density at radius 1 is 0.958 bits per heavy atom. The molecule has 0 aliphatic rings. The van der Waals surface area contributed by atoms with Gasteiger partial charge >= 0.3 is 0 Å². The maximum atomic E-state index is 12.4. The van der Waals surface area contributed by atoms with Crippen molar-refractivity contribution in [2.24, 2.45) is 0 Å². The molecule has 0 amide bonds. The van der Waals surface area contributed by atoms with Crippen molar-refractivity contribution < 1.29 is 8.42 Å². The van der Waals surface area contributed by atoms with E-state index in [0.29, 0.717) is 4.90 Å². The van der Waals surface area contributed by atoms with E-state index in [1.165, 1.54) is 43.8 Å². The number of aryl methyl sites for hydroxylation is 1. The van der Waals surface area contributed by atoms with E-state index in [2.05, 4.69) is 20.4 Å². The van der Waals surface area contributed by atoms with Gasteiger partial charge in [0, 0.05) is 0 Å². The van der Waals surface area contributed by atoms with Gasteiger partial charge in [0.05, 0.1) is 18.7 Å². The molecule has 1 aromatic carbocycles. The van der Waals surface area contributed by atoms with Crippen molar-refractivity contribution in [3.05, 3.63) is 36.2 Å². The summed E-state index contributed by atoms with van der Waals surface area (Å²) in [5.74, 6) is 0.169. The van der Waals surface area contributed by atoms with Crippen molar-refractivity contribution in [2.45, 2.75) is 82.5 Å². The molecule has 2 nitrogen and oxygen atoms in total. The highest BCUT2D eigenvalue weighted by Gasteiger charge is 2.25. The maximum Gasteiger partial charge on any atom is 0.178 e. The minimum absolute atomic E-state index is 0.169. The topological polar surface area (TPSA) is 34.1 Å². The number of hydrogen-bond donors (Lipinski definition) is 0. The Kier molecular flexibility index (Phi) is 9.28. The molecule has 0 aliphatic carbocycles. The third-order valence-electron chi connectivity index (χ3n) is 4.94. The minimum Gasteiger partial charge on any atom is -0.224 e. The van der Waals surface area contributed by atoms with E-state index in [0.717, 1.165) is 12.0 Å². The second-order valence-corrected chi connectivity index (χ2v) is 14.6. The Bertz CT molecular complexity index is 556. The number of sulfone groups is 1. The summed E-state index contributed by atoms with van der Waals surface area (Å²) in [6.45, 7) is 9.01. The molecular formula is C20H35O2SSi. The highest BCUT2D eigenvalue weighted by molar-refractivity contribution is 7.91. The first-order chi connectivity index (χ1) is 11.3. The van der Waals surface area contributed by atoms with Crippen LogP contribution in [0.3, 0.4) is 0 Å². The van der Waals surface area contributed by atoms with Crippen molar-refractivity contribution in [3.8, 4) is 0 Å². The van der Waals surface area contributed by atoms with Crippen LogP contribution >= 0.6 is 0 Å². The SMILES string of the molecule is CCCC[Si](C)(CC[CH]CS(=O)(=O)c1ccc(C)cc1)CCCC. The molecule has 24 heavy (non-hydrogen) atoms. The lowest BCUT2D eigenvalue weighted by Gasteiger charge is -2.27. The van der Waals surface area contributed by atoms with Crippen LogP contribution in [0.1, 0.15) is 51.5 Å². The molecule has 1 aromatic rings. The van der Waals surface area contributed by atoms with Crippen LogP contribution in [0, 0.1) is 13.3 Å². The fourth-order valence-corrected chi connectivity index (χ4v) is 8.40. The van der Waals surface area contributed by atoms with Gasteiger partial charge in [0.15, 0.2) is 9.84 Å². The van der Waals surface area contributed by atoms with Crippen molar-refractivity contribution >= 4 is 17.9 Å². The zero-order valence-corrected chi connectivity index (χ0v) is 17.8. The van der Waals surface area contributed by atoms with Crippen molar-refractivity contribution in [1.82, 2.24) is 0 Å². The molecule has 0 bridgehead atoms. The lowest BCUT2D eigenvalue weighted by molar-refractivity contribution is 0.597. The van der Waals surface area contributed by atoms with E-state index in [1.807, 2.05) is 25.5 Å². The van der Waals surface area contributed by atoms with Crippen LogP contribution < -0.4 is 0 Å². The number of hydrogen-bond acceptors (Lipinski definition) is 2. The second-order valence-electron chi connectivity index (χ2n) is 7.44. The van der Waals surface area contributed by atoms with Gasteiger partial charge in [0.1, 0.15) is 0 Å². The first kappa shape index (κ1) is 21.4. The highest BCUT2D eigenvalue weighted by Crippen LogP contribution is 2.28. The van der Waals surface area contributed by atoms with Crippen LogP contribution in [-0.2, 0) is 9.84 Å². The van der Waals surface area contributed by atoms with Gasteiger partial charge in [-0.2, -0.15) is 0 Å². The Hall–Kier alpha value is -0.613. The molecule has 137 valence electrons. The molecule has 0 aliphatic heterocycles. The van der Waals surface area contributed by atoms with Crippen LogP contribution in [0.2, 0.25) is 24.7 Å². The van der Waals surface area contributed by atoms with Crippen LogP contribution in [0.15, 0.2) is 29.2 Å². The zero-order valence-electron chi connectivity index (χ0n) is 16.0. The summed E-state index contributed by atoms with van der Waals surface area (Å²) >= 11 is 0. The van der Waals surface area contributed by atoms with Gasteiger partial charge in [-0.15, -0.1) is 0 Å². The predicted molar refractivity (Wildman–Crippen MR) is 108 cm³/mol. The Morgan fingerprint density at radius 2 is 1.50 bits per heavy atom. The molecule has 0 spiro atoms. The molecule has 0 fully saturated rings. The van der Waals surface area contributed by atoms with E-state index in [9.17, 15) is 8.42 Å². The van der Waals surface area contributed by atoms with Gasteiger partial charge in [-0.1, -0.05) is 88.3 Å². The number of rotatable bonds is 12.